The Bertz CT molecular complexity index is 579. The Hall–Kier alpha value is -1.96. The van der Waals surface area contributed by atoms with Gasteiger partial charge in [-0.1, -0.05) is 13.8 Å². The molecule has 0 aliphatic heterocycles. The number of aliphatic carboxylic acids is 1. The molecule has 0 spiro atoms. The van der Waals surface area contributed by atoms with Gasteiger partial charge in [-0.15, -0.1) is 0 Å². The lowest BCUT2D eigenvalue weighted by Gasteiger charge is -2.16. The van der Waals surface area contributed by atoms with Crippen molar-refractivity contribution in [2.75, 3.05) is 6.54 Å². The molecular formula is C12H18FN3O4. The second-order valence-corrected chi connectivity index (χ2v) is 4.92. The number of carboxylic acids is 1. The number of nitrogens with zero attached hydrogens (tertiary/aromatic N) is 1. The molecule has 1 aromatic rings. The number of rotatable bonds is 7. The fourth-order valence-electron chi connectivity index (χ4n) is 1.59. The second-order valence-electron chi connectivity index (χ2n) is 4.92. The monoisotopic (exact) mass is 287 g/mol. The number of halogens is 1. The number of aromatic nitrogens is 2. The Morgan fingerprint density at radius 1 is 1.50 bits per heavy atom. The molecule has 1 aromatic heterocycles. The van der Waals surface area contributed by atoms with Crippen LogP contribution in [0.5, 0.6) is 0 Å². The van der Waals surface area contributed by atoms with Crippen LogP contribution in [0.3, 0.4) is 0 Å². The molecule has 1 atom stereocenters. The van der Waals surface area contributed by atoms with Gasteiger partial charge < -0.3 is 10.4 Å². The van der Waals surface area contributed by atoms with E-state index >= 15 is 0 Å². The third-order valence-corrected chi connectivity index (χ3v) is 2.76. The zero-order chi connectivity index (χ0) is 15.3. The first-order valence-corrected chi connectivity index (χ1v) is 6.26. The molecule has 0 fully saturated rings. The number of aromatic amines is 1. The first-order valence-electron chi connectivity index (χ1n) is 6.26. The van der Waals surface area contributed by atoms with E-state index in [-0.39, 0.29) is 6.54 Å². The molecule has 0 aliphatic carbocycles. The summed E-state index contributed by atoms with van der Waals surface area (Å²) in [4.78, 5) is 35.2. The topological polar surface area (TPSA) is 104 Å². The zero-order valence-corrected chi connectivity index (χ0v) is 11.4. The lowest BCUT2D eigenvalue weighted by Crippen LogP contribution is -2.44. The van der Waals surface area contributed by atoms with E-state index in [1.807, 2.05) is 13.8 Å². The third kappa shape index (κ3) is 4.61. The average Bonchev–Trinajstić information content (AvgIpc) is 2.33. The highest BCUT2D eigenvalue weighted by molar-refractivity contribution is 5.73. The van der Waals surface area contributed by atoms with Crippen LogP contribution in [0.4, 0.5) is 4.39 Å². The van der Waals surface area contributed by atoms with Gasteiger partial charge in [0, 0.05) is 0 Å². The second kappa shape index (κ2) is 6.99. The summed E-state index contributed by atoms with van der Waals surface area (Å²) in [5.74, 6) is -1.87. The summed E-state index contributed by atoms with van der Waals surface area (Å²) >= 11 is 0. The molecule has 1 heterocycles. The van der Waals surface area contributed by atoms with Crippen molar-refractivity contribution >= 4 is 5.97 Å². The van der Waals surface area contributed by atoms with E-state index < -0.39 is 29.1 Å². The molecule has 1 unspecified atom stereocenters. The van der Waals surface area contributed by atoms with Crippen molar-refractivity contribution in [3.8, 4) is 0 Å². The van der Waals surface area contributed by atoms with Crippen molar-refractivity contribution < 1.29 is 14.3 Å². The van der Waals surface area contributed by atoms with Crippen LogP contribution >= 0.6 is 0 Å². The van der Waals surface area contributed by atoms with Crippen LogP contribution in [0.2, 0.25) is 0 Å². The van der Waals surface area contributed by atoms with Crippen molar-refractivity contribution in [3.05, 3.63) is 32.9 Å². The predicted molar refractivity (Wildman–Crippen MR) is 70.2 cm³/mol. The fraction of sp³-hybridized carbons (Fsp3) is 0.583. The van der Waals surface area contributed by atoms with Gasteiger partial charge in [0.1, 0.15) is 6.04 Å². The molecule has 112 valence electrons. The first kappa shape index (κ1) is 16.1. The molecular weight excluding hydrogens is 269 g/mol. The quantitative estimate of drug-likeness (QED) is 0.642. The van der Waals surface area contributed by atoms with E-state index in [1.54, 1.807) is 4.98 Å². The van der Waals surface area contributed by atoms with Gasteiger partial charge in [0.2, 0.25) is 5.82 Å². The Balaban J connectivity index is 2.81. The van der Waals surface area contributed by atoms with E-state index in [1.165, 1.54) is 0 Å². The van der Waals surface area contributed by atoms with Gasteiger partial charge in [0.15, 0.2) is 0 Å². The Morgan fingerprint density at radius 2 is 2.15 bits per heavy atom. The molecule has 0 bridgehead atoms. The minimum Gasteiger partial charge on any atom is -0.480 e. The summed E-state index contributed by atoms with van der Waals surface area (Å²) < 4.78 is 13.9. The van der Waals surface area contributed by atoms with Crippen LogP contribution in [0.25, 0.3) is 0 Å². The van der Waals surface area contributed by atoms with Gasteiger partial charge in [0.05, 0.1) is 12.7 Å². The van der Waals surface area contributed by atoms with Crippen LogP contribution in [0, 0.1) is 11.7 Å². The summed E-state index contributed by atoms with van der Waals surface area (Å²) in [6.07, 6.45) is 1.49. The third-order valence-electron chi connectivity index (χ3n) is 2.76. The van der Waals surface area contributed by atoms with Gasteiger partial charge in [-0.25, -0.2) is 4.79 Å². The van der Waals surface area contributed by atoms with E-state index in [4.69, 9.17) is 5.11 Å². The number of hydrogen-bond donors (Lipinski definition) is 3. The lowest BCUT2D eigenvalue weighted by molar-refractivity contribution is -0.139. The highest BCUT2D eigenvalue weighted by atomic mass is 19.1. The number of hydrogen-bond acceptors (Lipinski definition) is 4. The maximum Gasteiger partial charge on any atom is 0.328 e. The van der Waals surface area contributed by atoms with Gasteiger partial charge >= 0.3 is 11.7 Å². The van der Waals surface area contributed by atoms with Gasteiger partial charge in [-0.3, -0.25) is 19.1 Å². The first-order chi connectivity index (χ1) is 9.31. The maximum absolute atomic E-state index is 13.1. The molecule has 7 nitrogen and oxygen atoms in total. The maximum atomic E-state index is 13.1. The summed E-state index contributed by atoms with van der Waals surface area (Å²) in [7, 11) is 0. The van der Waals surface area contributed by atoms with Crippen LogP contribution in [0.15, 0.2) is 15.8 Å². The van der Waals surface area contributed by atoms with Crippen LogP contribution in [-0.4, -0.2) is 33.2 Å². The largest absolute Gasteiger partial charge is 0.480 e. The predicted octanol–water partition coefficient (Wildman–Crippen LogP) is -0.235. The molecule has 0 saturated carbocycles. The summed E-state index contributed by atoms with van der Waals surface area (Å²) in [6, 6.07) is -1.03. The Labute approximate surface area is 114 Å². The molecule has 0 aliphatic rings. The van der Waals surface area contributed by atoms with Gasteiger partial charge in [-0.2, -0.15) is 4.39 Å². The molecule has 1 rings (SSSR count). The highest BCUT2D eigenvalue weighted by Crippen LogP contribution is 1.98. The summed E-state index contributed by atoms with van der Waals surface area (Å²) in [5, 5.41) is 11.9. The van der Waals surface area contributed by atoms with E-state index in [0.29, 0.717) is 18.7 Å². The number of H-pyrrole nitrogens is 1. The molecule has 8 heteroatoms. The van der Waals surface area contributed by atoms with E-state index in [9.17, 15) is 18.8 Å². The van der Waals surface area contributed by atoms with Crippen molar-refractivity contribution in [1.29, 1.82) is 0 Å². The lowest BCUT2D eigenvalue weighted by atomic mass is 10.1. The Kier molecular flexibility index (Phi) is 5.63. The van der Waals surface area contributed by atoms with Crippen LogP contribution in [0.1, 0.15) is 20.3 Å². The van der Waals surface area contributed by atoms with Gasteiger partial charge in [0.25, 0.3) is 5.56 Å². The average molecular weight is 287 g/mol. The Morgan fingerprint density at radius 3 is 2.70 bits per heavy atom. The van der Waals surface area contributed by atoms with E-state index in [2.05, 4.69) is 5.32 Å². The number of carboxylic acid groups (broad SMARTS) is 1. The fourth-order valence-corrected chi connectivity index (χ4v) is 1.59. The normalized spacial score (nSPS) is 12.6. The molecule has 0 radical (unpaired) electrons. The minimum atomic E-state index is -1.15. The van der Waals surface area contributed by atoms with Crippen molar-refractivity contribution in [2.24, 2.45) is 5.92 Å². The molecule has 20 heavy (non-hydrogen) atoms. The zero-order valence-electron chi connectivity index (χ0n) is 11.4. The smallest absolute Gasteiger partial charge is 0.328 e. The molecule has 0 saturated heterocycles. The SMILES string of the molecule is CC(C)CCNC(Cn1cc(F)c(=O)[nH]c1=O)C(=O)O. The number of carbonyl (C=O) groups is 1. The van der Waals surface area contributed by atoms with Crippen molar-refractivity contribution in [1.82, 2.24) is 14.9 Å². The molecule has 0 aromatic carbocycles. The molecule has 0 amide bonds. The summed E-state index contributed by atoms with van der Waals surface area (Å²) in [5.41, 5.74) is -1.96. The van der Waals surface area contributed by atoms with E-state index in [0.717, 1.165) is 11.0 Å². The van der Waals surface area contributed by atoms with Crippen LogP contribution in [-0.2, 0) is 11.3 Å². The standard InChI is InChI=1S/C12H18FN3O4/c1-7(2)3-4-14-9(11(18)19)6-16-5-8(13)10(17)15-12(16)20/h5,7,9,14H,3-4,6H2,1-2H3,(H,18,19)(H,15,17,20). The van der Waals surface area contributed by atoms with Crippen molar-refractivity contribution in [2.45, 2.75) is 32.9 Å². The number of nitrogens with one attached hydrogen (secondary N) is 2. The summed E-state index contributed by atoms with van der Waals surface area (Å²) in [6.45, 7) is 4.20. The van der Waals surface area contributed by atoms with Crippen LogP contribution < -0.4 is 16.6 Å². The minimum absolute atomic E-state index is 0.264. The molecule has 3 N–H and O–H groups in total. The highest BCUT2D eigenvalue weighted by Gasteiger charge is 2.18. The van der Waals surface area contributed by atoms with Gasteiger partial charge in [-0.05, 0) is 18.9 Å². The van der Waals surface area contributed by atoms with Crippen molar-refractivity contribution in [3.63, 3.8) is 0 Å².